The fourth-order valence-corrected chi connectivity index (χ4v) is 4.33. The van der Waals surface area contributed by atoms with E-state index in [1.165, 1.54) is 0 Å². The number of hydrogen-bond acceptors (Lipinski definition) is 2. The van der Waals surface area contributed by atoms with Crippen LogP contribution in [0.2, 0.25) is 10.0 Å². The highest BCUT2D eigenvalue weighted by atomic mass is 35.5. The van der Waals surface area contributed by atoms with Crippen molar-refractivity contribution in [2.45, 2.75) is 31.7 Å². The lowest BCUT2D eigenvalue weighted by atomic mass is 10.1. The van der Waals surface area contributed by atoms with Gasteiger partial charge in [-0.15, -0.1) is 0 Å². The van der Waals surface area contributed by atoms with Gasteiger partial charge in [0.05, 0.1) is 4.90 Å². The van der Waals surface area contributed by atoms with Crippen molar-refractivity contribution in [3.8, 4) is 0 Å². The summed E-state index contributed by atoms with van der Waals surface area (Å²) in [6, 6.07) is 9.88. The molecule has 0 fully saturated rings. The van der Waals surface area contributed by atoms with Gasteiger partial charge in [-0.05, 0) is 55.7 Å². The standard InChI is InChI=1S/C16H17Cl2NO2S/c1-10-4-5-11(2)16(8-10)22(20,21)19-12(3)14-7-6-13(17)9-15(14)18/h4-9,12,19H,1-3H3. The summed E-state index contributed by atoms with van der Waals surface area (Å²) in [6.45, 7) is 5.38. The van der Waals surface area contributed by atoms with Crippen LogP contribution in [0.25, 0.3) is 0 Å². The van der Waals surface area contributed by atoms with Gasteiger partial charge < -0.3 is 0 Å². The molecule has 0 aliphatic carbocycles. The Labute approximate surface area is 141 Å². The second-order valence-electron chi connectivity index (χ2n) is 5.28. The molecule has 2 aromatic rings. The Morgan fingerprint density at radius 1 is 1.05 bits per heavy atom. The van der Waals surface area contributed by atoms with Gasteiger partial charge in [0.1, 0.15) is 0 Å². The van der Waals surface area contributed by atoms with Crippen LogP contribution < -0.4 is 4.72 Å². The van der Waals surface area contributed by atoms with Gasteiger partial charge in [-0.1, -0.05) is 41.4 Å². The third kappa shape index (κ3) is 3.82. The molecule has 3 nitrogen and oxygen atoms in total. The number of halogens is 2. The molecule has 0 aliphatic heterocycles. The fraction of sp³-hybridized carbons (Fsp3) is 0.250. The van der Waals surface area contributed by atoms with Crippen LogP contribution >= 0.6 is 23.2 Å². The van der Waals surface area contributed by atoms with E-state index in [0.717, 1.165) is 5.56 Å². The molecule has 2 aromatic carbocycles. The molecule has 0 radical (unpaired) electrons. The first-order valence-corrected chi connectivity index (χ1v) is 8.99. The van der Waals surface area contributed by atoms with Crippen LogP contribution in [0.5, 0.6) is 0 Å². The molecule has 1 unspecified atom stereocenters. The van der Waals surface area contributed by atoms with E-state index < -0.39 is 16.1 Å². The molecule has 0 saturated heterocycles. The lowest BCUT2D eigenvalue weighted by Crippen LogP contribution is -2.27. The summed E-state index contributed by atoms with van der Waals surface area (Å²) in [4.78, 5) is 0.282. The SMILES string of the molecule is Cc1ccc(C)c(S(=O)(=O)NC(C)c2ccc(Cl)cc2Cl)c1. The minimum absolute atomic E-state index is 0.282. The van der Waals surface area contributed by atoms with Crippen molar-refractivity contribution in [3.05, 3.63) is 63.1 Å². The average molecular weight is 358 g/mol. The first kappa shape index (κ1) is 17.3. The van der Waals surface area contributed by atoms with Gasteiger partial charge in [-0.2, -0.15) is 0 Å². The van der Waals surface area contributed by atoms with Crippen LogP contribution in [-0.2, 0) is 10.0 Å². The Bertz CT molecular complexity index is 804. The number of sulfonamides is 1. The molecule has 6 heteroatoms. The summed E-state index contributed by atoms with van der Waals surface area (Å²) in [5.74, 6) is 0. The van der Waals surface area contributed by atoms with Crippen molar-refractivity contribution < 1.29 is 8.42 Å². The number of hydrogen-bond donors (Lipinski definition) is 1. The van der Waals surface area contributed by atoms with E-state index in [4.69, 9.17) is 23.2 Å². The zero-order valence-electron chi connectivity index (χ0n) is 12.5. The second kappa shape index (κ2) is 6.59. The van der Waals surface area contributed by atoms with Gasteiger partial charge in [0.15, 0.2) is 0 Å². The Kier molecular flexibility index (Phi) is 5.17. The minimum atomic E-state index is -3.63. The monoisotopic (exact) mass is 357 g/mol. The molecule has 0 spiro atoms. The molecule has 0 bridgehead atoms. The largest absolute Gasteiger partial charge is 0.241 e. The highest BCUT2D eigenvalue weighted by molar-refractivity contribution is 7.89. The topological polar surface area (TPSA) is 46.2 Å². The van der Waals surface area contributed by atoms with Crippen molar-refractivity contribution in [1.29, 1.82) is 0 Å². The zero-order valence-corrected chi connectivity index (χ0v) is 14.9. The van der Waals surface area contributed by atoms with Crippen molar-refractivity contribution in [2.24, 2.45) is 0 Å². The van der Waals surface area contributed by atoms with E-state index in [1.807, 2.05) is 13.0 Å². The maximum atomic E-state index is 12.6. The van der Waals surface area contributed by atoms with E-state index in [-0.39, 0.29) is 4.90 Å². The summed E-state index contributed by atoms with van der Waals surface area (Å²) in [6.07, 6.45) is 0. The summed E-state index contributed by atoms with van der Waals surface area (Å²) in [5, 5.41) is 0.946. The van der Waals surface area contributed by atoms with Gasteiger partial charge in [0.2, 0.25) is 10.0 Å². The lowest BCUT2D eigenvalue weighted by Gasteiger charge is -2.17. The molecular formula is C16H17Cl2NO2S. The Hall–Kier alpha value is -1.07. The van der Waals surface area contributed by atoms with Crippen molar-refractivity contribution >= 4 is 33.2 Å². The normalized spacial score (nSPS) is 13.1. The third-order valence-electron chi connectivity index (χ3n) is 3.39. The van der Waals surface area contributed by atoms with Crippen LogP contribution in [-0.4, -0.2) is 8.42 Å². The van der Waals surface area contributed by atoms with Gasteiger partial charge in [-0.25, -0.2) is 13.1 Å². The van der Waals surface area contributed by atoms with Gasteiger partial charge in [-0.3, -0.25) is 0 Å². The maximum absolute atomic E-state index is 12.6. The van der Waals surface area contributed by atoms with E-state index in [9.17, 15) is 8.42 Å². The van der Waals surface area contributed by atoms with Crippen molar-refractivity contribution in [3.63, 3.8) is 0 Å². The number of benzene rings is 2. The van der Waals surface area contributed by atoms with Gasteiger partial charge >= 0.3 is 0 Å². The van der Waals surface area contributed by atoms with Crippen LogP contribution in [0.4, 0.5) is 0 Å². The second-order valence-corrected chi connectivity index (χ2v) is 7.80. The van der Waals surface area contributed by atoms with Crippen LogP contribution in [0.1, 0.15) is 29.7 Å². The molecule has 0 aromatic heterocycles. The quantitative estimate of drug-likeness (QED) is 0.865. The average Bonchev–Trinajstić information content (AvgIpc) is 2.40. The number of rotatable bonds is 4. The molecule has 0 heterocycles. The Morgan fingerprint density at radius 2 is 1.73 bits per heavy atom. The van der Waals surface area contributed by atoms with E-state index in [2.05, 4.69) is 4.72 Å². The number of nitrogens with one attached hydrogen (secondary N) is 1. The Balaban J connectivity index is 2.34. The third-order valence-corrected chi connectivity index (χ3v) is 5.64. The Morgan fingerprint density at radius 3 is 2.36 bits per heavy atom. The molecule has 1 atom stereocenters. The maximum Gasteiger partial charge on any atom is 0.241 e. The summed E-state index contributed by atoms with van der Waals surface area (Å²) < 4.78 is 27.8. The first-order valence-electron chi connectivity index (χ1n) is 6.75. The predicted octanol–water partition coefficient (Wildman–Crippen LogP) is 4.65. The first-order chi connectivity index (χ1) is 10.2. The van der Waals surface area contributed by atoms with Gasteiger partial charge in [0.25, 0.3) is 0 Å². The number of aryl methyl sites for hydroxylation is 2. The van der Waals surface area contributed by atoms with Crippen molar-refractivity contribution in [2.75, 3.05) is 0 Å². The summed E-state index contributed by atoms with van der Waals surface area (Å²) in [7, 11) is -3.63. The minimum Gasteiger partial charge on any atom is -0.207 e. The molecule has 22 heavy (non-hydrogen) atoms. The summed E-state index contributed by atoms with van der Waals surface area (Å²) in [5.41, 5.74) is 2.27. The molecule has 118 valence electrons. The molecule has 0 saturated carbocycles. The fourth-order valence-electron chi connectivity index (χ4n) is 2.21. The smallest absolute Gasteiger partial charge is 0.207 e. The van der Waals surface area contributed by atoms with Crippen molar-refractivity contribution in [1.82, 2.24) is 4.72 Å². The van der Waals surface area contributed by atoms with Crippen LogP contribution in [0, 0.1) is 13.8 Å². The molecule has 1 N–H and O–H groups in total. The zero-order chi connectivity index (χ0) is 16.5. The molecular weight excluding hydrogens is 341 g/mol. The molecule has 0 aliphatic rings. The molecule has 0 amide bonds. The van der Waals surface area contributed by atoms with Gasteiger partial charge in [0, 0.05) is 16.1 Å². The van der Waals surface area contributed by atoms with Crippen LogP contribution in [0.3, 0.4) is 0 Å². The highest BCUT2D eigenvalue weighted by Crippen LogP contribution is 2.27. The molecule has 2 rings (SSSR count). The summed E-state index contributed by atoms with van der Waals surface area (Å²) >= 11 is 12.0. The highest BCUT2D eigenvalue weighted by Gasteiger charge is 2.21. The van der Waals surface area contributed by atoms with E-state index >= 15 is 0 Å². The van der Waals surface area contributed by atoms with Crippen LogP contribution in [0.15, 0.2) is 41.3 Å². The predicted molar refractivity (Wildman–Crippen MR) is 91.1 cm³/mol. The lowest BCUT2D eigenvalue weighted by molar-refractivity contribution is 0.566. The van der Waals surface area contributed by atoms with E-state index in [0.29, 0.717) is 21.2 Å². The van der Waals surface area contributed by atoms with E-state index in [1.54, 1.807) is 44.2 Å².